The van der Waals surface area contributed by atoms with E-state index in [-0.39, 0.29) is 22.4 Å². The van der Waals surface area contributed by atoms with Crippen LogP contribution in [-0.2, 0) is 0 Å². The quantitative estimate of drug-likeness (QED) is 0.538. The third-order valence-corrected chi connectivity index (χ3v) is 5.44. The molecule has 1 N–H and O–H groups in total. The number of hydrogen-bond acceptors (Lipinski definition) is 6. The van der Waals surface area contributed by atoms with Crippen LogP contribution in [-0.4, -0.2) is 58.1 Å². The fourth-order valence-corrected chi connectivity index (χ4v) is 4.04. The maximum atomic E-state index is 12.5. The molecule has 1 fully saturated rings. The molecule has 0 spiro atoms. The van der Waals surface area contributed by atoms with Gasteiger partial charge in [0, 0.05) is 62.6 Å². The normalized spacial score (nSPS) is 16.8. The van der Waals surface area contributed by atoms with Crippen molar-refractivity contribution in [3.63, 3.8) is 0 Å². The molecular formula is C20H22N6O3. The number of hydrogen-bond donors (Lipinski definition) is 1. The average Bonchev–Trinajstić information content (AvgIpc) is 3.22. The predicted octanol–water partition coefficient (Wildman–Crippen LogP) is 2.95. The van der Waals surface area contributed by atoms with E-state index < -0.39 is 0 Å². The van der Waals surface area contributed by atoms with Crippen LogP contribution in [0, 0.1) is 10.1 Å². The van der Waals surface area contributed by atoms with Gasteiger partial charge in [-0.25, -0.2) is 0 Å². The molecule has 1 amide bonds. The summed E-state index contributed by atoms with van der Waals surface area (Å²) in [5, 5.41) is 19.8. The van der Waals surface area contributed by atoms with E-state index in [4.69, 9.17) is 0 Å². The van der Waals surface area contributed by atoms with Crippen LogP contribution in [0.15, 0.2) is 36.8 Å². The lowest BCUT2D eigenvalue weighted by Crippen LogP contribution is -2.35. The number of fused-ring (bicyclic) bond motifs is 1. The van der Waals surface area contributed by atoms with Crippen LogP contribution in [0.3, 0.4) is 0 Å². The number of piperidine rings is 1. The van der Waals surface area contributed by atoms with Gasteiger partial charge < -0.3 is 9.80 Å². The van der Waals surface area contributed by atoms with Gasteiger partial charge in [0.05, 0.1) is 27.8 Å². The second kappa shape index (κ2) is 7.50. The average molecular weight is 394 g/mol. The Kier molecular flexibility index (Phi) is 4.87. The molecule has 1 aromatic carbocycles. The molecular weight excluding hydrogens is 372 g/mol. The summed E-state index contributed by atoms with van der Waals surface area (Å²) >= 11 is 0. The molecule has 4 rings (SSSR count). The minimum atomic E-state index is -0.378. The Balaban J connectivity index is 1.69. The van der Waals surface area contributed by atoms with Gasteiger partial charge in [0.15, 0.2) is 0 Å². The Morgan fingerprint density at radius 1 is 1.28 bits per heavy atom. The first-order valence-corrected chi connectivity index (χ1v) is 9.48. The number of nitrogens with zero attached hydrogens (tertiary/aromatic N) is 5. The van der Waals surface area contributed by atoms with E-state index in [1.54, 1.807) is 43.7 Å². The Morgan fingerprint density at radius 3 is 2.86 bits per heavy atom. The van der Waals surface area contributed by atoms with E-state index in [0.717, 1.165) is 36.2 Å². The zero-order valence-electron chi connectivity index (χ0n) is 16.3. The zero-order valence-corrected chi connectivity index (χ0v) is 16.3. The van der Waals surface area contributed by atoms with Crippen molar-refractivity contribution in [2.75, 3.05) is 32.1 Å². The highest BCUT2D eigenvalue weighted by Gasteiger charge is 2.29. The number of nitrogens with one attached hydrogen (secondary N) is 1. The number of H-pyrrole nitrogens is 1. The fourth-order valence-electron chi connectivity index (χ4n) is 4.04. The van der Waals surface area contributed by atoms with Gasteiger partial charge >= 0.3 is 0 Å². The standard InChI is InChI=1S/C20H22N6O3/c1-24(2)20(27)16-11-22-23-19(16)13-4-3-9-25(12-13)17-5-6-18(26(28)29)15-10-21-8-7-14(15)17/h5-8,10-11,13H,3-4,9,12H2,1-2H3,(H,22,23)/t13-/m1/s1. The van der Waals surface area contributed by atoms with Crippen molar-refractivity contribution in [3.8, 4) is 0 Å². The topological polar surface area (TPSA) is 108 Å². The van der Waals surface area contributed by atoms with Crippen LogP contribution in [0.1, 0.15) is 34.8 Å². The molecule has 3 heterocycles. The molecule has 1 atom stereocenters. The van der Waals surface area contributed by atoms with E-state index in [9.17, 15) is 14.9 Å². The zero-order chi connectivity index (χ0) is 20.5. The minimum Gasteiger partial charge on any atom is -0.370 e. The molecule has 0 radical (unpaired) electrons. The second-order valence-electron chi connectivity index (χ2n) is 7.46. The van der Waals surface area contributed by atoms with Crippen molar-refractivity contribution in [3.05, 3.63) is 58.2 Å². The van der Waals surface area contributed by atoms with E-state index >= 15 is 0 Å². The molecule has 29 heavy (non-hydrogen) atoms. The monoisotopic (exact) mass is 394 g/mol. The Bertz CT molecular complexity index is 1080. The molecule has 150 valence electrons. The summed E-state index contributed by atoms with van der Waals surface area (Å²) in [5.74, 6) is 0.0509. The van der Waals surface area contributed by atoms with E-state index in [1.807, 2.05) is 12.1 Å². The highest BCUT2D eigenvalue weighted by atomic mass is 16.6. The lowest BCUT2D eigenvalue weighted by Gasteiger charge is -2.35. The molecule has 0 aliphatic carbocycles. The van der Waals surface area contributed by atoms with E-state index in [2.05, 4.69) is 20.1 Å². The number of aromatic amines is 1. The predicted molar refractivity (Wildman–Crippen MR) is 109 cm³/mol. The highest BCUT2D eigenvalue weighted by molar-refractivity contribution is 5.99. The molecule has 9 nitrogen and oxygen atoms in total. The number of carbonyl (C=O) groups is 1. The number of amides is 1. The van der Waals surface area contributed by atoms with Gasteiger partial charge in [0.25, 0.3) is 11.6 Å². The third-order valence-electron chi connectivity index (χ3n) is 5.44. The third kappa shape index (κ3) is 3.39. The van der Waals surface area contributed by atoms with Crippen LogP contribution >= 0.6 is 0 Å². The molecule has 0 saturated carbocycles. The number of benzene rings is 1. The van der Waals surface area contributed by atoms with Crippen molar-refractivity contribution >= 4 is 28.1 Å². The summed E-state index contributed by atoms with van der Waals surface area (Å²) < 4.78 is 0. The second-order valence-corrected chi connectivity index (χ2v) is 7.46. The lowest BCUT2D eigenvalue weighted by molar-refractivity contribution is -0.383. The number of non-ortho nitro benzene ring substituents is 1. The maximum Gasteiger partial charge on any atom is 0.278 e. The van der Waals surface area contributed by atoms with Crippen molar-refractivity contribution < 1.29 is 9.72 Å². The number of anilines is 1. The van der Waals surface area contributed by atoms with Gasteiger partial charge in [-0.05, 0) is 25.0 Å². The van der Waals surface area contributed by atoms with Crippen LogP contribution in [0.25, 0.3) is 10.8 Å². The number of carbonyl (C=O) groups excluding carboxylic acids is 1. The summed E-state index contributed by atoms with van der Waals surface area (Å²) in [6.07, 6.45) is 6.67. The Labute approximate surface area is 167 Å². The summed E-state index contributed by atoms with van der Waals surface area (Å²) in [6, 6.07) is 5.17. The van der Waals surface area contributed by atoms with Crippen LogP contribution in [0.4, 0.5) is 11.4 Å². The van der Waals surface area contributed by atoms with Gasteiger partial charge in [-0.15, -0.1) is 0 Å². The minimum absolute atomic E-state index is 0.0536. The first-order chi connectivity index (χ1) is 14.0. The molecule has 2 aromatic heterocycles. The van der Waals surface area contributed by atoms with Gasteiger partial charge in [-0.1, -0.05) is 0 Å². The number of nitro benzene ring substituents is 1. The first-order valence-electron chi connectivity index (χ1n) is 9.48. The van der Waals surface area contributed by atoms with E-state index in [1.165, 1.54) is 0 Å². The Hall–Kier alpha value is -3.49. The van der Waals surface area contributed by atoms with Crippen molar-refractivity contribution in [1.82, 2.24) is 20.1 Å². The van der Waals surface area contributed by atoms with Crippen LogP contribution in [0.2, 0.25) is 0 Å². The van der Waals surface area contributed by atoms with E-state index in [0.29, 0.717) is 17.5 Å². The largest absolute Gasteiger partial charge is 0.370 e. The van der Waals surface area contributed by atoms with Gasteiger partial charge in [-0.2, -0.15) is 5.10 Å². The molecule has 1 saturated heterocycles. The number of aromatic nitrogens is 3. The fraction of sp³-hybridized carbons (Fsp3) is 0.350. The first kappa shape index (κ1) is 18.9. The number of pyridine rings is 1. The number of rotatable bonds is 4. The summed E-state index contributed by atoms with van der Waals surface area (Å²) in [4.78, 5) is 31.3. The molecule has 0 bridgehead atoms. The maximum absolute atomic E-state index is 12.5. The Morgan fingerprint density at radius 2 is 2.10 bits per heavy atom. The van der Waals surface area contributed by atoms with Gasteiger partial charge in [0.2, 0.25) is 0 Å². The summed E-state index contributed by atoms with van der Waals surface area (Å²) in [7, 11) is 3.45. The SMILES string of the molecule is CN(C)C(=O)c1cn[nH]c1[C@@H]1CCCN(c2ccc([N+](=O)[O-])c3cnccc23)C1. The van der Waals surface area contributed by atoms with Crippen molar-refractivity contribution in [1.29, 1.82) is 0 Å². The molecule has 1 aliphatic rings. The molecule has 0 unspecified atom stereocenters. The smallest absolute Gasteiger partial charge is 0.278 e. The van der Waals surface area contributed by atoms with Crippen LogP contribution in [0.5, 0.6) is 0 Å². The molecule has 9 heteroatoms. The molecule has 3 aromatic rings. The van der Waals surface area contributed by atoms with Gasteiger partial charge in [-0.3, -0.25) is 25.0 Å². The highest BCUT2D eigenvalue weighted by Crippen LogP contribution is 2.37. The summed E-state index contributed by atoms with van der Waals surface area (Å²) in [6.45, 7) is 1.54. The van der Waals surface area contributed by atoms with Crippen molar-refractivity contribution in [2.24, 2.45) is 0 Å². The molecule has 1 aliphatic heterocycles. The van der Waals surface area contributed by atoms with Crippen LogP contribution < -0.4 is 4.90 Å². The number of nitro groups is 1. The lowest BCUT2D eigenvalue weighted by atomic mass is 9.91. The summed E-state index contributed by atoms with van der Waals surface area (Å²) in [5.41, 5.74) is 2.44. The van der Waals surface area contributed by atoms with Gasteiger partial charge in [0.1, 0.15) is 0 Å². The van der Waals surface area contributed by atoms with Crippen molar-refractivity contribution in [2.45, 2.75) is 18.8 Å².